The molecule has 0 bridgehead atoms. The second-order valence-electron chi connectivity index (χ2n) is 8.29. The molecule has 0 radical (unpaired) electrons. The van der Waals surface area contributed by atoms with Crippen LogP contribution in [0, 0.1) is 13.8 Å². The largest absolute Gasteiger partial charge is 0.328 e. The van der Waals surface area contributed by atoms with Gasteiger partial charge in [-0.2, -0.15) is 4.98 Å². The van der Waals surface area contributed by atoms with Crippen LogP contribution < -0.4 is 10.6 Å². The molecule has 0 fully saturated rings. The van der Waals surface area contributed by atoms with Gasteiger partial charge in [-0.15, -0.1) is 16.4 Å². The van der Waals surface area contributed by atoms with Crippen LogP contribution >= 0.6 is 23.1 Å². The smallest absolute Gasteiger partial charge is 0.255 e. The standard InChI is InChI=1S/C26H25N5OS2/c1-16-11-12-20(17(2)14-16)28-24(32)22-18(3)27-25-29-26(34-15-19-8-5-4-6-9-19)30-31(25)23(22)21-10-7-13-33-21/h4-14,23H,15H2,1-3H3,(H,28,32)(H,27,29,30)/t23-/m0/s1. The summed E-state index contributed by atoms with van der Waals surface area (Å²) in [6.07, 6.45) is 0. The van der Waals surface area contributed by atoms with Gasteiger partial charge in [-0.05, 0) is 49.4 Å². The molecule has 4 aromatic rings. The number of aromatic nitrogens is 3. The van der Waals surface area contributed by atoms with Crippen molar-refractivity contribution >= 4 is 40.6 Å². The number of thioether (sulfide) groups is 1. The number of nitrogens with one attached hydrogen (secondary N) is 2. The Kier molecular flexibility index (Phi) is 6.26. The number of aryl methyl sites for hydroxylation is 2. The highest BCUT2D eigenvalue weighted by Gasteiger charge is 2.35. The minimum Gasteiger partial charge on any atom is -0.328 e. The van der Waals surface area contributed by atoms with Gasteiger partial charge in [-0.1, -0.05) is 65.9 Å². The Balaban J connectivity index is 1.46. The fourth-order valence-electron chi connectivity index (χ4n) is 4.06. The van der Waals surface area contributed by atoms with Crippen molar-refractivity contribution in [3.8, 4) is 0 Å². The van der Waals surface area contributed by atoms with E-state index < -0.39 is 0 Å². The van der Waals surface area contributed by atoms with Gasteiger partial charge in [-0.3, -0.25) is 4.79 Å². The summed E-state index contributed by atoms with van der Waals surface area (Å²) < 4.78 is 1.84. The summed E-state index contributed by atoms with van der Waals surface area (Å²) >= 11 is 3.19. The van der Waals surface area contributed by atoms with Crippen molar-refractivity contribution in [2.45, 2.75) is 37.7 Å². The number of carbonyl (C=O) groups excluding carboxylic acids is 1. The number of hydrogen-bond donors (Lipinski definition) is 2. The molecule has 0 unspecified atom stereocenters. The lowest BCUT2D eigenvalue weighted by Crippen LogP contribution is -2.31. The zero-order valence-electron chi connectivity index (χ0n) is 19.2. The topological polar surface area (TPSA) is 71.8 Å². The molecular weight excluding hydrogens is 462 g/mol. The molecule has 0 aliphatic carbocycles. The highest BCUT2D eigenvalue weighted by Crippen LogP contribution is 2.38. The Labute approximate surface area is 207 Å². The summed E-state index contributed by atoms with van der Waals surface area (Å²) in [5.74, 6) is 1.28. The SMILES string of the molecule is CC1=C(C(=O)Nc2ccc(C)cc2C)[C@H](c2cccs2)n2nc(SCc3ccccc3)nc2N1. The third kappa shape index (κ3) is 4.51. The van der Waals surface area contributed by atoms with Crippen LogP contribution in [0.15, 0.2) is 82.5 Å². The van der Waals surface area contributed by atoms with E-state index in [0.29, 0.717) is 16.7 Å². The third-order valence-corrected chi connectivity index (χ3v) is 7.56. The molecule has 0 spiro atoms. The first kappa shape index (κ1) is 22.4. The Hall–Kier alpha value is -3.36. The van der Waals surface area contributed by atoms with Crippen molar-refractivity contribution in [2.24, 2.45) is 0 Å². The van der Waals surface area contributed by atoms with Crippen LogP contribution in [0.4, 0.5) is 11.6 Å². The monoisotopic (exact) mass is 487 g/mol. The predicted molar refractivity (Wildman–Crippen MR) is 139 cm³/mol. The van der Waals surface area contributed by atoms with E-state index >= 15 is 0 Å². The zero-order valence-corrected chi connectivity index (χ0v) is 20.8. The molecule has 1 atom stereocenters. The number of benzene rings is 2. The molecule has 2 aromatic heterocycles. The van der Waals surface area contributed by atoms with Crippen molar-refractivity contribution in [3.05, 3.63) is 98.9 Å². The van der Waals surface area contributed by atoms with E-state index in [1.165, 1.54) is 5.56 Å². The summed E-state index contributed by atoms with van der Waals surface area (Å²) in [5, 5.41) is 13.9. The van der Waals surface area contributed by atoms with Crippen LogP contribution in [0.25, 0.3) is 0 Å². The minimum absolute atomic E-state index is 0.144. The maximum Gasteiger partial charge on any atom is 0.255 e. The van der Waals surface area contributed by atoms with Crippen molar-refractivity contribution in [1.82, 2.24) is 14.8 Å². The van der Waals surface area contributed by atoms with Gasteiger partial charge in [0.05, 0.1) is 5.57 Å². The van der Waals surface area contributed by atoms with Gasteiger partial charge < -0.3 is 10.6 Å². The quantitative estimate of drug-likeness (QED) is 0.318. The van der Waals surface area contributed by atoms with E-state index in [1.54, 1.807) is 23.1 Å². The van der Waals surface area contributed by atoms with Gasteiger partial charge in [0.15, 0.2) is 0 Å². The number of anilines is 2. The van der Waals surface area contributed by atoms with Crippen molar-refractivity contribution in [1.29, 1.82) is 0 Å². The Morgan fingerprint density at radius 2 is 1.94 bits per heavy atom. The first-order valence-corrected chi connectivity index (χ1v) is 12.9. The molecule has 2 aromatic carbocycles. The number of fused-ring (bicyclic) bond motifs is 1. The first-order valence-electron chi connectivity index (χ1n) is 11.0. The lowest BCUT2D eigenvalue weighted by atomic mass is 10.0. The van der Waals surface area contributed by atoms with Crippen molar-refractivity contribution < 1.29 is 4.79 Å². The van der Waals surface area contributed by atoms with Crippen LogP contribution in [0.5, 0.6) is 0 Å². The van der Waals surface area contributed by atoms with E-state index in [9.17, 15) is 4.79 Å². The molecule has 6 nitrogen and oxygen atoms in total. The maximum absolute atomic E-state index is 13.6. The van der Waals surface area contributed by atoms with E-state index in [2.05, 4.69) is 28.8 Å². The lowest BCUT2D eigenvalue weighted by Gasteiger charge is -2.27. The third-order valence-electron chi connectivity index (χ3n) is 5.73. The number of nitrogens with zero attached hydrogens (tertiary/aromatic N) is 3. The van der Waals surface area contributed by atoms with Crippen molar-refractivity contribution in [3.63, 3.8) is 0 Å². The first-order chi connectivity index (χ1) is 16.5. The average Bonchev–Trinajstić information content (AvgIpc) is 3.49. The number of carbonyl (C=O) groups is 1. The van der Waals surface area contributed by atoms with Gasteiger partial charge in [0.2, 0.25) is 11.1 Å². The average molecular weight is 488 g/mol. The second-order valence-corrected chi connectivity index (χ2v) is 10.2. The maximum atomic E-state index is 13.6. The number of allylic oxidation sites excluding steroid dienone is 1. The van der Waals surface area contributed by atoms with Crippen LogP contribution in [-0.2, 0) is 10.5 Å². The molecule has 1 aliphatic heterocycles. The summed E-state index contributed by atoms with van der Waals surface area (Å²) in [7, 11) is 0. The molecule has 8 heteroatoms. The molecule has 1 aliphatic rings. The van der Waals surface area contributed by atoms with Crippen LogP contribution in [0.1, 0.15) is 34.5 Å². The summed E-state index contributed by atoms with van der Waals surface area (Å²) in [4.78, 5) is 19.3. The summed E-state index contributed by atoms with van der Waals surface area (Å²) in [6.45, 7) is 5.97. The van der Waals surface area contributed by atoms with E-state index in [-0.39, 0.29) is 11.9 Å². The summed E-state index contributed by atoms with van der Waals surface area (Å²) in [5.41, 5.74) is 5.63. The van der Waals surface area contributed by atoms with Crippen LogP contribution in [-0.4, -0.2) is 20.7 Å². The molecule has 34 heavy (non-hydrogen) atoms. The molecule has 0 saturated carbocycles. The van der Waals surface area contributed by atoms with Crippen LogP contribution in [0.2, 0.25) is 0 Å². The van der Waals surface area contributed by atoms with Gasteiger partial charge in [-0.25, -0.2) is 4.68 Å². The van der Waals surface area contributed by atoms with Gasteiger partial charge in [0, 0.05) is 22.0 Å². The van der Waals surface area contributed by atoms with E-state index in [4.69, 9.17) is 10.1 Å². The fourth-order valence-corrected chi connectivity index (χ4v) is 5.67. The lowest BCUT2D eigenvalue weighted by molar-refractivity contribution is -0.113. The Morgan fingerprint density at radius 3 is 2.68 bits per heavy atom. The molecule has 0 saturated heterocycles. The fraction of sp³-hybridized carbons (Fsp3) is 0.192. The minimum atomic E-state index is -0.347. The van der Waals surface area contributed by atoms with Gasteiger partial charge in [0.25, 0.3) is 5.91 Å². The Bertz CT molecular complexity index is 1360. The van der Waals surface area contributed by atoms with Gasteiger partial charge in [0.1, 0.15) is 6.04 Å². The zero-order chi connectivity index (χ0) is 23.7. The normalized spacial score (nSPS) is 15.1. The number of rotatable bonds is 6. The van der Waals surface area contributed by atoms with Gasteiger partial charge >= 0.3 is 0 Å². The molecule has 5 rings (SSSR count). The molecule has 3 heterocycles. The van der Waals surface area contributed by atoms with E-state index in [1.807, 2.05) is 73.3 Å². The van der Waals surface area contributed by atoms with Crippen molar-refractivity contribution in [2.75, 3.05) is 10.6 Å². The second kappa shape index (κ2) is 9.48. The highest BCUT2D eigenvalue weighted by atomic mass is 32.2. The predicted octanol–water partition coefficient (Wildman–Crippen LogP) is 6.18. The number of thiophene rings is 1. The summed E-state index contributed by atoms with van der Waals surface area (Å²) in [6, 6.07) is 20.0. The molecule has 172 valence electrons. The highest BCUT2D eigenvalue weighted by molar-refractivity contribution is 7.98. The number of hydrogen-bond acceptors (Lipinski definition) is 6. The number of amides is 1. The Morgan fingerprint density at radius 1 is 1.12 bits per heavy atom. The molecular formula is C26H25N5OS2. The van der Waals surface area contributed by atoms with Crippen LogP contribution in [0.3, 0.4) is 0 Å². The molecule has 2 N–H and O–H groups in total. The molecule has 1 amide bonds. The van der Waals surface area contributed by atoms with E-state index in [0.717, 1.165) is 33.1 Å².